The Morgan fingerprint density at radius 3 is 2.67 bits per heavy atom. The molecule has 0 spiro atoms. The van der Waals surface area contributed by atoms with Crippen molar-refractivity contribution in [1.29, 1.82) is 0 Å². The Morgan fingerprint density at radius 2 is 2.44 bits per heavy atom. The number of rotatable bonds is 1. The summed E-state index contributed by atoms with van der Waals surface area (Å²) in [5.74, 6) is -0.0370. The normalized spacial score (nSPS) is 8.00. The number of carbonyl (C=O) groups is 1. The Kier molecular flexibility index (Phi) is 3.89. The van der Waals surface area contributed by atoms with Gasteiger partial charge >= 0.3 is 32.7 Å². The average Bonchev–Trinajstić information content (AvgIpc) is 2.12. The fourth-order valence-corrected chi connectivity index (χ4v) is 0.291. The molecule has 0 aliphatic rings. The number of nitrogens with one attached hydrogen (secondary N) is 1. The van der Waals surface area contributed by atoms with Gasteiger partial charge in [-0.1, -0.05) is 6.33 Å². The molecular weight excluding hydrogens is 194 g/mol. The van der Waals surface area contributed by atoms with Crippen molar-refractivity contribution in [2.75, 3.05) is 0 Å². The van der Waals surface area contributed by atoms with Crippen LogP contribution in [-0.4, -0.2) is 28.7 Å². The van der Waals surface area contributed by atoms with Crippen LogP contribution >= 0.6 is 0 Å². The second-order valence-electron chi connectivity index (χ2n) is 1.14. The molecule has 1 heterocycles. The molecule has 0 aliphatic heterocycles. The van der Waals surface area contributed by atoms with Gasteiger partial charge in [-0.25, -0.2) is 0 Å². The Morgan fingerprint density at radius 1 is 1.78 bits per heavy atom. The van der Waals surface area contributed by atoms with Crippen molar-refractivity contribution < 1.29 is 37.5 Å². The van der Waals surface area contributed by atoms with Crippen molar-refractivity contribution in [1.82, 2.24) is 15.2 Å². The van der Waals surface area contributed by atoms with Crippen molar-refractivity contribution in [2.45, 2.75) is 0 Å². The van der Waals surface area contributed by atoms with Crippen LogP contribution in [0.2, 0.25) is 0 Å². The van der Waals surface area contributed by atoms with Gasteiger partial charge in [-0.2, -0.15) is 0 Å². The summed E-state index contributed by atoms with van der Waals surface area (Å²) in [5, 5.41) is 5.57. The predicted octanol–water partition coefficient (Wildman–Crippen LogP) is -1.09. The van der Waals surface area contributed by atoms with Gasteiger partial charge in [-0.3, -0.25) is 5.10 Å². The fraction of sp³-hybridized carbons (Fsp3) is 0. The second kappa shape index (κ2) is 3.90. The smallest absolute Gasteiger partial charge is 0.413 e. The molecule has 0 amide bonds. The third-order valence-corrected chi connectivity index (χ3v) is 0.594. The number of aromatic nitrogens is 3. The van der Waals surface area contributed by atoms with E-state index in [1.54, 1.807) is 0 Å². The zero-order chi connectivity index (χ0) is 5.98. The molecular formula is C3HBN3OY+2. The van der Waals surface area contributed by atoms with Gasteiger partial charge in [0.2, 0.25) is 0 Å². The molecule has 0 saturated heterocycles. The van der Waals surface area contributed by atoms with Gasteiger partial charge < -0.3 is 14.9 Å². The van der Waals surface area contributed by atoms with E-state index in [1.165, 1.54) is 0 Å². The summed E-state index contributed by atoms with van der Waals surface area (Å²) in [5.41, 5.74) is -0.650. The van der Waals surface area contributed by atoms with E-state index in [2.05, 4.69) is 21.5 Å². The van der Waals surface area contributed by atoms with E-state index >= 15 is 0 Å². The number of carbonyl (C=O) groups excluding carboxylic acids is 1. The minimum absolute atomic E-state index is 0. The third-order valence-electron chi connectivity index (χ3n) is 0.594. The van der Waals surface area contributed by atoms with Crippen LogP contribution in [0, 0.1) is 6.33 Å². The van der Waals surface area contributed by atoms with Crippen LogP contribution in [-0.2, 0) is 32.7 Å². The van der Waals surface area contributed by atoms with Gasteiger partial charge in [0.25, 0.3) is 0 Å². The zero-order valence-electron chi connectivity index (χ0n) is 4.46. The molecule has 1 aromatic rings. The number of nitrogens with zero attached hydrogens (tertiary/aromatic N) is 2. The van der Waals surface area contributed by atoms with E-state index in [4.69, 9.17) is 7.85 Å². The van der Waals surface area contributed by atoms with Crippen LogP contribution < -0.4 is 0 Å². The zero-order valence-corrected chi connectivity index (χ0v) is 7.30. The molecule has 9 heavy (non-hydrogen) atoms. The molecule has 1 rings (SSSR count). The van der Waals surface area contributed by atoms with E-state index in [0.29, 0.717) is 0 Å². The molecule has 0 bridgehead atoms. The first-order valence-electron chi connectivity index (χ1n) is 1.89. The molecule has 1 N–H and O–H groups in total. The topological polar surface area (TPSA) is 58.6 Å². The van der Waals surface area contributed by atoms with E-state index < -0.39 is 5.68 Å². The van der Waals surface area contributed by atoms with E-state index in [-0.39, 0.29) is 38.5 Å². The molecule has 1 aromatic heterocycles. The van der Waals surface area contributed by atoms with Crippen molar-refractivity contribution in [3.05, 3.63) is 12.2 Å². The Bertz CT molecular complexity index is 187. The third kappa shape index (κ3) is 2.37. The Hall–Kier alpha value is -0.0212. The van der Waals surface area contributed by atoms with Crippen LogP contribution in [0.5, 0.6) is 0 Å². The predicted molar refractivity (Wildman–Crippen MR) is 25.3 cm³/mol. The van der Waals surface area contributed by atoms with Crippen LogP contribution in [0.4, 0.5) is 0 Å². The van der Waals surface area contributed by atoms with Crippen molar-refractivity contribution in [2.24, 2.45) is 0 Å². The summed E-state index contributed by atoms with van der Waals surface area (Å²) in [6, 6.07) is 0. The molecule has 4 nitrogen and oxygen atoms in total. The van der Waals surface area contributed by atoms with Gasteiger partial charge in [-0.05, 0) is 0 Å². The summed E-state index contributed by atoms with van der Waals surface area (Å²) in [6.45, 7) is 0. The molecule has 0 aliphatic carbocycles. The van der Waals surface area contributed by atoms with Crippen molar-refractivity contribution >= 4 is 13.5 Å². The van der Waals surface area contributed by atoms with Gasteiger partial charge in [0.15, 0.2) is 7.85 Å². The maximum Gasteiger partial charge on any atom is 3.00 e. The first kappa shape index (κ1) is 8.98. The maximum atomic E-state index is 10.1. The molecule has 0 aromatic carbocycles. The number of aromatic amines is 1. The molecule has 6 heteroatoms. The van der Waals surface area contributed by atoms with Gasteiger partial charge in [0.1, 0.15) is 0 Å². The largest absolute Gasteiger partial charge is 3.00 e. The standard InChI is InChI=1S/C3HBN3O.Y/c4-2(8)3-5-1-6-7-3;/h(H,5,6,7);/q-1;+3. The number of H-pyrrole nitrogens is 1. The van der Waals surface area contributed by atoms with Gasteiger partial charge in [0.05, 0.1) is 5.68 Å². The number of hydrogen-bond donors (Lipinski definition) is 1. The SMILES string of the molecule is [B]C(=O)c1n[c-][nH]n1.[Y+3]. The van der Waals surface area contributed by atoms with E-state index in [9.17, 15) is 4.79 Å². The monoisotopic (exact) mass is 195 g/mol. The minimum Gasteiger partial charge on any atom is -0.413 e. The Labute approximate surface area is 78.1 Å². The summed E-state index contributed by atoms with van der Waals surface area (Å²) in [7, 11) is 4.75. The molecule has 0 atom stereocenters. The number of hydrogen-bond acceptors (Lipinski definition) is 3. The second-order valence-corrected chi connectivity index (χ2v) is 1.14. The van der Waals surface area contributed by atoms with Gasteiger partial charge in [-0.15, -0.1) is 0 Å². The van der Waals surface area contributed by atoms with Crippen LogP contribution in [0.15, 0.2) is 0 Å². The molecule has 0 fully saturated rings. The first-order valence-corrected chi connectivity index (χ1v) is 1.89. The molecule has 0 unspecified atom stereocenters. The van der Waals surface area contributed by atoms with Crippen molar-refractivity contribution in [3.8, 4) is 0 Å². The van der Waals surface area contributed by atoms with E-state index in [0.717, 1.165) is 0 Å². The van der Waals surface area contributed by atoms with E-state index in [1.807, 2.05) is 0 Å². The first-order chi connectivity index (χ1) is 3.80. The molecule has 2 radical (unpaired) electrons. The Balaban J connectivity index is 0.000000640. The minimum atomic E-state index is -0.650. The average molecular weight is 195 g/mol. The quantitative estimate of drug-likeness (QED) is 0.457. The fourth-order valence-electron chi connectivity index (χ4n) is 0.291. The van der Waals surface area contributed by atoms with Crippen LogP contribution in [0.3, 0.4) is 0 Å². The van der Waals surface area contributed by atoms with Crippen LogP contribution in [0.1, 0.15) is 10.6 Å². The summed E-state index contributed by atoms with van der Waals surface area (Å²) >= 11 is 0. The van der Waals surface area contributed by atoms with Crippen LogP contribution in [0.25, 0.3) is 0 Å². The molecule has 0 saturated carbocycles. The molecule has 38 valence electrons. The summed E-state index contributed by atoms with van der Waals surface area (Å²) < 4.78 is 0. The summed E-state index contributed by atoms with van der Waals surface area (Å²) in [4.78, 5) is 13.5. The van der Waals surface area contributed by atoms with Crippen molar-refractivity contribution in [3.63, 3.8) is 0 Å². The summed E-state index contributed by atoms with van der Waals surface area (Å²) in [6.07, 6.45) is 2.22. The maximum absolute atomic E-state index is 10.1. The van der Waals surface area contributed by atoms with Gasteiger partial charge in [0, 0.05) is 5.82 Å².